The number of nitrogens with two attached hydrogens (primary N) is 1. The molecule has 1 atom stereocenters. The highest BCUT2D eigenvalue weighted by atomic mass is 35.5. The first-order chi connectivity index (χ1) is 6.11. The average Bonchev–Trinajstić information content (AvgIpc) is 2.03. The quantitative estimate of drug-likeness (QED) is 0.818. The van der Waals surface area contributed by atoms with E-state index in [-0.39, 0.29) is 18.4 Å². The second-order valence-corrected chi connectivity index (χ2v) is 4.09. The van der Waals surface area contributed by atoms with E-state index >= 15 is 0 Å². The average molecular weight is 214 g/mol. The van der Waals surface area contributed by atoms with Crippen molar-refractivity contribution in [3.63, 3.8) is 0 Å². The number of hydrogen-bond acceptors (Lipinski definition) is 1. The minimum Gasteiger partial charge on any atom is -0.324 e. The van der Waals surface area contributed by atoms with Gasteiger partial charge in [0.05, 0.1) is 0 Å². The lowest BCUT2D eigenvalue weighted by molar-refractivity contribution is 0.508. The summed E-state index contributed by atoms with van der Waals surface area (Å²) in [7, 11) is 0. The number of rotatable bonds is 3. The molecule has 2 N–H and O–H groups in total. The Morgan fingerprint density at radius 2 is 1.79 bits per heavy atom. The molecule has 0 aliphatic carbocycles. The van der Waals surface area contributed by atoms with Crippen LogP contribution in [-0.2, 0) is 0 Å². The minimum atomic E-state index is 0. The molecule has 1 unspecified atom stereocenters. The van der Waals surface area contributed by atoms with Gasteiger partial charge in [-0.1, -0.05) is 38.1 Å². The number of halogens is 1. The SMILES string of the molecule is Cc1ccccc1C(N)CC(C)C.Cl. The van der Waals surface area contributed by atoms with Gasteiger partial charge in [0.15, 0.2) is 0 Å². The van der Waals surface area contributed by atoms with E-state index in [0.717, 1.165) is 6.42 Å². The Morgan fingerprint density at radius 3 is 2.29 bits per heavy atom. The van der Waals surface area contributed by atoms with Crippen molar-refractivity contribution >= 4 is 12.4 Å². The summed E-state index contributed by atoms with van der Waals surface area (Å²) in [6.45, 7) is 6.53. The molecular weight excluding hydrogens is 194 g/mol. The highest BCUT2D eigenvalue weighted by Gasteiger charge is 2.09. The third kappa shape index (κ3) is 3.69. The first kappa shape index (κ1) is 13.5. The summed E-state index contributed by atoms with van der Waals surface area (Å²) in [6, 6.07) is 8.56. The van der Waals surface area contributed by atoms with Crippen LogP contribution in [0.2, 0.25) is 0 Å². The van der Waals surface area contributed by atoms with Crippen LogP contribution < -0.4 is 5.73 Å². The van der Waals surface area contributed by atoms with Crippen LogP contribution in [0.15, 0.2) is 24.3 Å². The molecule has 0 radical (unpaired) electrons. The monoisotopic (exact) mass is 213 g/mol. The van der Waals surface area contributed by atoms with Gasteiger partial charge in [-0.25, -0.2) is 0 Å². The Hall–Kier alpha value is -0.530. The van der Waals surface area contributed by atoms with E-state index in [2.05, 4.69) is 45.0 Å². The van der Waals surface area contributed by atoms with Crippen molar-refractivity contribution in [2.75, 3.05) is 0 Å². The second-order valence-electron chi connectivity index (χ2n) is 4.09. The molecule has 1 aromatic carbocycles. The molecule has 0 spiro atoms. The molecule has 0 saturated heterocycles. The summed E-state index contributed by atoms with van der Waals surface area (Å²) in [5, 5.41) is 0. The third-order valence-electron chi connectivity index (χ3n) is 2.31. The van der Waals surface area contributed by atoms with Crippen LogP contribution in [0, 0.1) is 12.8 Å². The van der Waals surface area contributed by atoms with Crippen LogP contribution in [0.4, 0.5) is 0 Å². The highest BCUT2D eigenvalue weighted by Crippen LogP contribution is 2.21. The second kappa shape index (κ2) is 6.05. The zero-order valence-corrected chi connectivity index (χ0v) is 9.97. The van der Waals surface area contributed by atoms with Crippen molar-refractivity contribution in [1.82, 2.24) is 0 Å². The van der Waals surface area contributed by atoms with E-state index in [0.29, 0.717) is 5.92 Å². The van der Waals surface area contributed by atoms with E-state index in [1.54, 1.807) is 0 Å². The largest absolute Gasteiger partial charge is 0.324 e. The van der Waals surface area contributed by atoms with Crippen LogP contribution in [0.1, 0.15) is 37.4 Å². The van der Waals surface area contributed by atoms with Crippen LogP contribution in [-0.4, -0.2) is 0 Å². The normalized spacial score (nSPS) is 12.4. The third-order valence-corrected chi connectivity index (χ3v) is 2.31. The maximum Gasteiger partial charge on any atom is 0.0299 e. The van der Waals surface area contributed by atoms with Gasteiger partial charge in [0.25, 0.3) is 0 Å². The van der Waals surface area contributed by atoms with Crippen molar-refractivity contribution in [3.05, 3.63) is 35.4 Å². The van der Waals surface area contributed by atoms with Gasteiger partial charge in [0.1, 0.15) is 0 Å². The van der Waals surface area contributed by atoms with Crippen molar-refractivity contribution in [2.24, 2.45) is 11.7 Å². The smallest absolute Gasteiger partial charge is 0.0299 e. The van der Waals surface area contributed by atoms with Crippen LogP contribution in [0.5, 0.6) is 0 Å². The zero-order chi connectivity index (χ0) is 9.84. The Morgan fingerprint density at radius 1 is 1.21 bits per heavy atom. The summed E-state index contributed by atoms with van der Waals surface area (Å²) in [6.07, 6.45) is 1.06. The molecule has 1 nitrogen and oxygen atoms in total. The molecule has 0 amide bonds. The van der Waals surface area contributed by atoms with E-state index < -0.39 is 0 Å². The van der Waals surface area contributed by atoms with E-state index in [1.165, 1.54) is 11.1 Å². The standard InChI is InChI=1S/C12H19N.ClH/c1-9(2)8-12(13)11-7-5-4-6-10(11)3;/h4-7,9,12H,8,13H2,1-3H3;1H. The Bertz CT molecular complexity index is 271. The predicted octanol–water partition coefficient (Wildman–Crippen LogP) is 3.46. The fourth-order valence-corrected chi connectivity index (χ4v) is 1.64. The molecule has 1 rings (SSSR count). The summed E-state index contributed by atoms with van der Waals surface area (Å²) < 4.78 is 0. The van der Waals surface area contributed by atoms with Gasteiger partial charge in [-0.3, -0.25) is 0 Å². The van der Waals surface area contributed by atoms with Crippen molar-refractivity contribution in [2.45, 2.75) is 33.2 Å². The van der Waals surface area contributed by atoms with Gasteiger partial charge in [0.2, 0.25) is 0 Å². The van der Waals surface area contributed by atoms with Gasteiger partial charge in [-0.15, -0.1) is 12.4 Å². The van der Waals surface area contributed by atoms with Gasteiger partial charge < -0.3 is 5.73 Å². The number of aryl methyl sites for hydroxylation is 1. The Balaban J connectivity index is 0.00000169. The maximum atomic E-state index is 6.10. The van der Waals surface area contributed by atoms with E-state index in [1.807, 2.05) is 0 Å². The lowest BCUT2D eigenvalue weighted by Crippen LogP contribution is -2.13. The van der Waals surface area contributed by atoms with Crippen LogP contribution in [0.3, 0.4) is 0 Å². The Kier molecular flexibility index (Phi) is 5.82. The lowest BCUT2D eigenvalue weighted by Gasteiger charge is -2.16. The first-order valence-electron chi connectivity index (χ1n) is 4.92. The van der Waals surface area contributed by atoms with Crippen LogP contribution in [0.25, 0.3) is 0 Å². The molecule has 0 fully saturated rings. The maximum absolute atomic E-state index is 6.10. The lowest BCUT2D eigenvalue weighted by atomic mass is 9.95. The number of hydrogen-bond donors (Lipinski definition) is 1. The summed E-state index contributed by atoms with van der Waals surface area (Å²) in [5.41, 5.74) is 8.69. The highest BCUT2D eigenvalue weighted by molar-refractivity contribution is 5.85. The fourth-order valence-electron chi connectivity index (χ4n) is 1.64. The van der Waals surface area contributed by atoms with E-state index in [4.69, 9.17) is 5.73 Å². The Labute approximate surface area is 93.1 Å². The molecule has 2 heteroatoms. The van der Waals surface area contributed by atoms with E-state index in [9.17, 15) is 0 Å². The summed E-state index contributed by atoms with van der Waals surface area (Å²) >= 11 is 0. The summed E-state index contributed by atoms with van der Waals surface area (Å²) in [4.78, 5) is 0. The molecule has 0 saturated carbocycles. The van der Waals surface area contributed by atoms with Gasteiger partial charge in [-0.2, -0.15) is 0 Å². The molecular formula is C12H20ClN. The molecule has 0 heterocycles. The van der Waals surface area contributed by atoms with Crippen molar-refractivity contribution in [1.29, 1.82) is 0 Å². The van der Waals surface area contributed by atoms with Crippen molar-refractivity contribution < 1.29 is 0 Å². The molecule has 14 heavy (non-hydrogen) atoms. The summed E-state index contributed by atoms with van der Waals surface area (Å²) in [5.74, 6) is 0.662. The molecule has 80 valence electrons. The van der Waals surface area contributed by atoms with Gasteiger partial charge in [0, 0.05) is 6.04 Å². The number of benzene rings is 1. The van der Waals surface area contributed by atoms with Crippen molar-refractivity contribution in [3.8, 4) is 0 Å². The van der Waals surface area contributed by atoms with Gasteiger partial charge >= 0.3 is 0 Å². The molecule has 0 aromatic heterocycles. The fraction of sp³-hybridized carbons (Fsp3) is 0.500. The predicted molar refractivity (Wildman–Crippen MR) is 64.8 cm³/mol. The topological polar surface area (TPSA) is 26.0 Å². The molecule has 0 aliphatic rings. The molecule has 1 aromatic rings. The van der Waals surface area contributed by atoms with Crippen LogP contribution >= 0.6 is 12.4 Å². The zero-order valence-electron chi connectivity index (χ0n) is 9.16. The molecule has 0 aliphatic heterocycles. The van der Waals surface area contributed by atoms with Gasteiger partial charge in [-0.05, 0) is 30.4 Å². The first-order valence-corrected chi connectivity index (χ1v) is 4.92. The minimum absolute atomic E-state index is 0. The molecule has 0 bridgehead atoms.